The summed E-state index contributed by atoms with van der Waals surface area (Å²) in [5.41, 5.74) is 0. The predicted octanol–water partition coefficient (Wildman–Crippen LogP) is -0.0620. The number of aromatic nitrogens is 6. The SMILES string of the molecule is c1cnn([BH-](n2cccn2)n2cccn2)c1. The van der Waals surface area contributed by atoms with Crippen LogP contribution in [0.2, 0.25) is 0 Å². The lowest BCUT2D eigenvalue weighted by Gasteiger charge is -2.26. The van der Waals surface area contributed by atoms with Gasteiger partial charge in [-0.1, -0.05) is 0 Å². The Morgan fingerprint density at radius 3 is 1.25 bits per heavy atom. The van der Waals surface area contributed by atoms with Crippen LogP contribution in [0.25, 0.3) is 0 Å². The van der Waals surface area contributed by atoms with E-state index in [1.165, 1.54) is 0 Å². The highest BCUT2D eigenvalue weighted by Crippen LogP contribution is 1.97. The van der Waals surface area contributed by atoms with Crippen LogP contribution in [0, 0.1) is 0 Å². The van der Waals surface area contributed by atoms with Gasteiger partial charge in [0.25, 0.3) is 0 Å². The maximum atomic E-state index is 4.26. The molecule has 6 nitrogen and oxygen atoms in total. The minimum absolute atomic E-state index is 1.12. The van der Waals surface area contributed by atoms with Gasteiger partial charge in [0.05, 0.1) is 0 Å². The first-order valence-electron chi connectivity index (χ1n) is 5.10. The zero-order valence-corrected chi connectivity index (χ0v) is 8.59. The molecule has 0 aliphatic rings. The first kappa shape index (κ1) is 8.96. The summed E-state index contributed by atoms with van der Waals surface area (Å²) in [6, 6.07) is 5.69. The van der Waals surface area contributed by atoms with Crippen molar-refractivity contribution < 1.29 is 0 Å². The Bertz CT molecular complexity index is 445. The topological polar surface area (TPSA) is 53.5 Å². The summed E-state index contributed by atoms with van der Waals surface area (Å²) >= 11 is 0. The standard InChI is InChI=1S/C9H10BN6/c1-4-11-14(7-1)10(15-8-2-5-12-15)16-9-3-6-13-16/h1-10H/q-1. The van der Waals surface area contributed by atoms with Crippen LogP contribution < -0.4 is 0 Å². The van der Waals surface area contributed by atoms with Crippen molar-refractivity contribution in [3.63, 3.8) is 0 Å². The second-order valence-corrected chi connectivity index (χ2v) is 3.56. The average Bonchev–Trinajstić information content (AvgIpc) is 3.02. The fourth-order valence-corrected chi connectivity index (χ4v) is 1.85. The van der Waals surface area contributed by atoms with Crippen LogP contribution in [-0.2, 0) is 0 Å². The molecule has 0 amide bonds. The van der Waals surface area contributed by atoms with E-state index in [1.807, 2.05) is 50.6 Å². The molecule has 0 aliphatic carbocycles. The molecule has 0 N–H and O–H groups in total. The monoisotopic (exact) mass is 213 g/mol. The maximum absolute atomic E-state index is 4.26. The summed E-state index contributed by atoms with van der Waals surface area (Å²) in [5.74, 6) is 0. The largest absolute Gasteiger partial charge is 0.403 e. The van der Waals surface area contributed by atoms with E-state index >= 15 is 0 Å². The van der Waals surface area contributed by atoms with Crippen LogP contribution in [0.1, 0.15) is 0 Å². The van der Waals surface area contributed by atoms with Crippen molar-refractivity contribution >= 4 is 7.12 Å². The third-order valence-electron chi connectivity index (χ3n) is 2.55. The van der Waals surface area contributed by atoms with E-state index < -0.39 is 7.12 Å². The summed E-state index contributed by atoms with van der Waals surface area (Å²) in [7, 11) is -1.12. The Hall–Kier alpha value is -2.31. The Balaban J connectivity index is 2.09. The second-order valence-electron chi connectivity index (χ2n) is 3.56. The molecule has 0 spiro atoms. The Morgan fingerprint density at radius 2 is 1.00 bits per heavy atom. The lowest BCUT2D eigenvalue weighted by atomic mass is 9.96. The lowest BCUT2D eigenvalue weighted by Crippen LogP contribution is -2.42. The van der Waals surface area contributed by atoms with Crippen molar-refractivity contribution in [3.8, 4) is 0 Å². The van der Waals surface area contributed by atoms with Gasteiger partial charge in [-0.3, -0.25) is 0 Å². The number of hydrogen-bond acceptors (Lipinski definition) is 3. The molecule has 16 heavy (non-hydrogen) atoms. The van der Waals surface area contributed by atoms with Crippen molar-refractivity contribution in [3.05, 3.63) is 55.4 Å². The highest BCUT2D eigenvalue weighted by atomic mass is 15.4. The molecule has 3 rings (SSSR count). The quantitative estimate of drug-likeness (QED) is 0.572. The van der Waals surface area contributed by atoms with Crippen molar-refractivity contribution in [2.45, 2.75) is 0 Å². The van der Waals surface area contributed by atoms with Gasteiger partial charge >= 0.3 is 7.12 Å². The van der Waals surface area contributed by atoms with Crippen molar-refractivity contribution in [2.24, 2.45) is 0 Å². The first-order valence-corrected chi connectivity index (χ1v) is 5.10. The second kappa shape index (κ2) is 3.69. The third-order valence-corrected chi connectivity index (χ3v) is 2.55. The van der Waals surface area contributed by atoms with E-state index in [0.717, 1.165) is 0 Å². The summed E-state index contributed by atoms with van der Waals surface area (Å²) in [6.45, 7) is 0. The molecule has 0 aliphatic heterocycles. The van der Waals surface area contributed by atoms with Gasteiger partial charge in [-0.15, -0.1) is 0 Å². The van der Waals surface area contributed by atoms with E-state index in [4.69, 9.17) is 0 Å². The number of hydrogen-bond donors (Lipinski definition) is 0. The molecule has 0 radical (unpaired) electrons. The highest BCUT2D eigenvalue weighted by Gasteiger charge is 2.10. The molecule has 80 valence electrons. The minimum Gasteiger partial charge on any atom is -0.403 e. The molecule has 0 bridgehead atoms. The minimum atomic E-state index is -1.12. The van der Waals surface area contributed by atoms with Gasteiger partial charge < -0.3 is 13.8 Å². The van der Waals surface area contributed by atoms with Crippen LogP contribution in [0.4, 0.5) is 0 Å². The van der Waals surface area contributed by atoms with Crippen LogP contribution >= 0.6 is 0 Å². The Labute approximate surface area is 92.3 Å². The molecule has 3 heterocycles. The Morgan fingerprint density at radius 1 is 0.625 bits per heavy atom. The van der Waals surface area contributed by atoms with Gasteiger partial charge in [-0.05, 0) is 36.8 Å². The molecule has 3 aromatic rings. The van der Waals surface area contributed by atoms with Gasteiger partial charge in [0, 0.05) is 18.6 Å². The van der Waals surface area contributed by atoms with Crippen LogP contribution in [-0.4, -0.2) is 36.2 Å². The molecular formula is C9H10BN6-. The Kier molecular flexibility index (Phi) is 2.07. The average molecular weight is 213 g/mol. The molecule has 0 unspecified atom stereocenters. The van der Waals surface area contributed by atoms with Gasteiger partial charge in [0.2, 0.25) is 0 Å². The number of rotatable bonds is 3. The van der Waals surface area contributed by atoms with Gasteiger partial charge in [-0.25, -0.2) is 15.3 Å². The van der Waals surface area contributed by atoms with Crippen LogP contribution in [0.15, 0.2) is 55.4 Å². The number of nitrogens with zero attached hydrogens (tertiary/aromatic N) is 6. The maximum Gasteiger partial charge on any atom is 0.325 e. The molecule has 0 aromatic carbocycles. The van der Waals surface area contributed by atoms with Crippen molar-refractivity contribution in [1.29, 1.82) is 0 Å². The summed E-state index contributed by atoms with van der Waals surface area (Å²) in [5, 5.41) is 12.8. The van der Waals surface area contributed by atoms with Crippen LogP contribution in [0.5, 0.6) is 0 Å². The zero-order chi connectivity index (χ0) is 10.8. The van der Waals surface area contributed by atoms with Crippen LogP contribution in [0.3, 0.4) is 0 Å². The zero-order valence-electron chi connectivity index (χ0n) is 8.59. The third kappa shape index (κ3) is 1.42. The van der Waals surface area contributed by atoms with Crippen molar-refractivity contribution in [2.75, 3.05) is 0 Å². The van der Waals surface area contributed by atoms with Gasteiger partial charge in [-0.2, -0.15) is 0 Å². The molecule has 0 fully saturated rings. The molecule has 0 saturated carbocycles. The lowest BCUT2D eigenvalue weighted by molar-refractivity contribution is 0.771. The summed E-state index contributed by atoms with van der Waals surface area (Å²) < 4.78 is 5.62. The molecule has 0 saturated heterocycles. The molecule has 0 atom stereocenters. The fourth-order valence-electron chi connectivity index (χ4n) is 1.85. The van der Waals surface area contributed by atoms with E-state index in [2.05, 4.69) is 15.3 Å². The fraction of sp³-hybridized carbons (Fsp3) is 0. The van der Waals surface area contributed by atoms with E-state index in [-0.39, 0.29) is 0 Å². The molecular weight excluding hydrogens is 203 g/mol. The summed E-state index contributed by atoms with van der Waals surface area (Å²) in [4.78, 5) is 0. The summed E-state index contributed by atoms with van der Waals surface area (Å²) in [6.07, 6.45) is 11.0. The van der Waals surface area contributed by atoms with E-state index in [0.29, 0.717) is 0 Å². The smallest absolute Gasteiger partial charge is 0.325 e. The van der Waals surface area contributed by atoms with Crippen molar-refractivity contribution in [1.82, 2.24) is 29.1 Å². The predicted molar refractivity (Wildman–Crippen MR) is 60.0 cm³/mol. The molecule has 7 heteroatoms. The normalized spacial score (nSPS) is 11.1. The van der Waals surface area contributed by atoms with Gasteiger partial charge in [0.1, 0.15) is 0 Å². The van der Waals surface area contributed by atoms with Gasteiger partial charge in [0.15, 0.2) is 0 Å². The molecule has 3 aromatic heterocycles. The van der Waals surface area contributed by atoms with E-state index in [1.54, 1.807) is 18.6 Å². The van der Waals surface area contributed by atoms with E-state index in [9.17, 15) is 0 Å². The first-order chi connectivity index (χ1) is 7.95. The highest BCUT2D eigenvalue weighted by molar-refractivity contribution is 6.52.